The van der Waals surface area contributed by atoms with Gasteiger partial charge in [-0.15, -0.1) is 0 Å². The van der Waals surface area contributed by atoms with E-state index < -0.39 is 5.92 Å². The molecule has 6 heteroatoms. The van der Waals surface area contributed by atoms with Crippen LogP contribution in [0.4, 0.5) is 5.69 Å². The molecule has 0 spiro atoms. The Balaban J connectivity index is 1.50. The number of nitrogens with zero attached hydrogens (tertiary/aromatic N) is 2. The molecule has 0 saturated carbocycles. The molecular formula is C20H24N4O2. The van der Waals surface area contributed by atoms with Gasteiger partial charge < -0.3 is 10.2 Å². The van der Waals surface area contributed by atoms with Crippen LogP contribution in [0.2, 0.25) is 0 Å². The molecule has 0 bridgehead atoms. The zero-order chi connectivity index (χ0) is 18.4. The predicted octanol–water partition coefficient (Wildman–Crippen LogP) is 2.60. The third-order valence-electron chi connectivity index (χ3n) is 5.67. The van der Waals surface area contributed by atoms with Gasteiger partial charge in [-0.2, -0.15) is 5.10 Å². The minimum atomic E-state index is -0.412. The number of benzene rings is 1. The average Bonchev–Trinajstić information content (AvgIpc) is 3.29. The normalized spacial score (nSPS) is 17.8. The molecule has 2 amide bonds. The van der Waals surface area contributed by atoms with Crippen molar-refractivity contribution in [3.05, 3.63) is 45.8 Å². The van der Waals surface area contributed by atoms with E-state index in [1.54, 1.807) is 11.9 Å². The summed E-state index contributed by atoms with van der Waals surface area (Å²) in [5, 5.41) is 10.4. The Kier molecular flexibility index (Phi) is 4.05. The lowest BCUT2D eigenvalue weighted by Gasteiger charge is -2.19. The van der Waals surface area contributed by atoms with Gasteiger partial charge >= 0.3 is 0 Å². The molecule has 136 valence electrons. The molecule has 6 nitrogen and oxygen atoms in total. The summed E-state index contributed by atoms with van der Waals surface area (Å²) in [6.45, 7) is 4.46. The molecule has 1 aromatic carbocycles. The van der Waals surface area contributed by atoms with Crippen molar-refractivity contribution < 1.29 is 9.59 Å². The molecular weight excluding hydrogens is 328 g/mol. The van der Waals surface area contributed by atoms with Crippen LogP contribution in [-0.2, 0) is 29.0 Å². The number of nitrogens with one attached hydrogen (secondary N) is 2. The maximum Gasteiger partial charge on any atom is 0.232 e. The third-order valence-corrected chi connectivity index (χ3v) is 5.67. The van der Waals surface area contributed by atoms with Crippen LogP contribution in [-0.4, -0.2) is 34.0 Å². The van der Waals surface area contributed by atoms with Crippen molar-refractivity contribution >= 4 is 17.5 Å². The van der Waals surface area contributed by atoms with Crippen LogP contribution in [0.3, 0.4) is 0 Å². The van der Waals surface area contributed by atoms with Crippen molar-refractivity contribution in [3.8, 4) is 0 Å². The second-order valence-electron chi connectivity index (χ2n) is 7.46. The van der Waals surface area contributed by atoms with Crippen molar-refractivity contribution in [2.45, 2.75) is 52.0 Å². The number of H-pyrrole nitrogens is 1. The number of carbonyl (C=O) groups excluding carboxylic acids is 2. The fraction of sp³-hybridized carbons (Fsp3) is 0.450. The van der Waals surface area contributed by atoms with Crippen molar-refractivity contribution in [3.63, 3.8) is 0 Å². The smallest absolute Gasteiger partial charge is 0.232 e. The predicted molar refractivity (Wildman–Crippen MR) is 99.0 cm³/mol. The van der Waals surface area contributed by atoms with E-state index in [4.69, 9.17) is 0 Å². The quantitative estimate of drug-likeness (QED) is 0.888. The van der Waals surface area contributed by atoms with Gasteiger partial charge in [-0.05, 0) is 55.4 Å². The van der Waals surface area contributed by atoms with Crippen LogP contribution in [0.1, 0.15) is 52.4 Å². The zero-order valence-electron chi connectivity index (χ0n) is 15.5. The number of aromatic nitrogens is 2. The summed E-state index contributed by atoms with van der Waals surface area (Å²) < 4.78 is 0. The summed E-state index contributed by atoms with van der Waals surface area (Å²) in [5.74, 6) is -0.529. The molecule has 1 aromatic heterocycles. The summed E-state index contributed by atoms with van der Waals surface area (Å²) in [6, 6.07) is 4.02. The Morgan fingerprint density at radius 2 is 2.04 bits per heavy atom. The first-order valence-electron chi connectivity index (χ1n) is 9.15. The van der Waals surface area contributed by atoms with Crippen LogP contribution in [0.15, 0.2) is 12.1 Å². The summed E-state index contributed by atoms with van der Waals surface area (Å²) in [5.41, 5.74) is 7.36. The van der Waals surface area contributed by atoms with Gasteiger partial charge in [0.25, 0.3) is 0 Å². The van der Waals surface area contributed by atoms with Gasteiger partial charge in [-0.3, -0.25) is 14.7 Å². The number of hydrogen-bond donors (Lipinski definition) is 2. The van der Waals surface area contributed by atoms with Crippen LogP contribution in [0.25, 0.3) is 0 Å². The third kappa shape index (κ3) is 2.69. The number of amides is 2. The molecule has 2 aliphatic rings. The maximum absolute atomic E-state index is 12.8. The summed E-state index contributed by atoms with van der Waals surface area (Å²) in [6.07, 6.45) is 3.40. The minimum Gasteiger partial charge on any atom is -0.340 e. The lowest BCUT2D eigenvalue weighted by Crippen LogP contribution is -2.29. The molecule has 2 aromatic rings. The Morgan fingerprint density at radius 3 is 2.85 bits per heavy atom. The van der Waals surface area contributed by atoms with E-state index in [2.05, 4.69) is 15.5 Å². The number of aromatic amines is 1. The molecule has 1 aliphatic carbocycles. The van der Waals surface area contributed by atoms with Crippen molar-refractivity contribution in [2.75, 3.05) is 12.4 Å². The molecule has 0 radical (unpaired) electrons. The molecule has 2 N–H and O–H groups in total. The number of aryl methyl sites for hydroxylation is 3. The molecule has 0 fully saturated rings. The minimum absolute atomic E-state index is 0.0337. The number of fused-ring (bicyclic) bond motifs is 2. The largest absolute Gasteiger partial charge is 0.340 e. The maximum atomic E-state index is 12.8. The standard InChI is InChI=1S/C20H24N4O2/c1-11-7-8-12(2)19-18(11)14(20(26)21-19)9-17(25)24(3)10-16-13-5-4-6-15(13)22-23-16/h7-8,14H,4-6,9-10H2,1-3H3,(H,21,26)(H,22,23)/t14-/m0/s1. The van der Waals surface area contributed by atoms with Gasteiger partial charge in [-0.25, -0.2) is 0 Å². The molecule has 1 atom stereocenters. The van der Waals surface area contributed by atoms with Crippen LogP contribution >= 0.6 is 0 Å². The second-order valence-corrected chi connectivity index (χ2v) is 7.46. The van der Waals surface area contributed by atoms with Crippen LogP contribution in [0, 0.1) is 13.8 Å². The van der Waals surface area contributed by atoms with Gasteiger partial charge in [0.15, 0.2) is 0 Å². The van der Waals surface area contributed by atoms with Crippen molar-refractivity contribution in [2.24, 2.45) is 0 Å². The van der Waals surface area contributed by atoms with Crippen molar-refractivity contribution in [1.29, 1.82) is 0 Å². The molecule has 1 aliphatic heterocycles. The van der Waals surface area contributed by atoms with Crippen LogP contribution < -0.4 is 5.32 Å². The molecule has 0 saturated heterocycles. The Labute approximate surface area is 153 Å². The molecule has 4 rings (SSSR count). The Morgan fingerprint density at radius 1 is 1.27 bits per heavy atom. The molecule has 26 heavy (non-hydrogen) atoms. The van der Waals surface area contributed by atoms with Gasteiger partial charge in [0.2, 0.25) is 11.8 Å². The SMILES string of the molecule is Cc1ccc(C)c2c1NC(=O)[C@H]2CC(=O)N(C)Cc1n[nH]c2c1CCC2. The monoisotopic (exact) mass is 352 g/mol. The van der Waals surface area contributed by atoms with Gasteiger partial charge in [0, 0.05) is 24.8 Å². The summed E-state index contributed by atoms with van der Waals surface area (Å²) >= 11 is 0. The Bertz CT molecular complexity index is 899. The van der Waals surface area contributed by atoms with Gasteiger partial charge in [-0.1, -0.05) is 12.1 Å². The highest BCUT2D eigenvalue weighted by Gasteiger charge is 2.35. The highest BCUT2D eigenvalue weighted by atomic mass is 16.2. The first-order chi connectivity index (χ1) is 12.5. The first-order valence-corrected chi connectivity index (χ1v) is 9.15. The Hall–Kier alpha value is -2.63. The molecule has 2 heterocycles. The van der Waals surface area contributed by atoms with Gasteiger partial charge in [0.1, 0.15) is 0 Å². The van der Waals surface area contributed by atoms with E-state index in [-0.39, 0.29) is 18.2 Å². The fourth-order valence-corrected chi connectivity index (χ4v) is 4.15. The number of rotatable bonds is 4. The van der Waals surface area contributed by atoms with E-state index in [1.165, 1.54) is 11.3 Å². The van der Waals surface area contributed by atoms with E-state index in [0.717, 1.165) is 47.3 Å². The van der Waals surface area contributed by atoms with Crippen LogP contribution in [0.5, 0.6) is 0 Å². The zero-order valence-corrected chi connectivity index (χ0v) is 15.5. The number of hydrogen-bond acceptors (Lipinski definition) is 3. The topological polar surface area (TPSA) is 78.1 Å². The highest BCUT2D eigenvalue weighted by Crippen LogP contribution is 2.39. The van der Waals surface area contributed by atoms with E-state index >= 15 is 0 Å². The average molecular weight is 352 g/mol. The van der Waals surface area contributed by atoms with E-state index in [9.17, 15) is 9.59 Å². The van der Waals surface area contributed by atoms with Gasteiger partial charge in [0.05, 0.1) is 18.2 Å². The van der Waals surface area contributed by atoms with E-state index in [1.807, 2.05) is 26.0 Å². The van der Waals surface area contributed by atoms with Crippen molar-refractivity contribution in [1.82, 2.24) is 15.1 Å². The molecule has 0 unspecified atom stereocenters. The fourth-order valence-electron chi connectivity index (χ4n) is 4.15. The lowest BCUT2D eigenvalue weighted by atomic mass is 9.91. The van der Waals surface area contributed by atoms with E-state index in [0.29, 0.717) is 6.54 Å². The second kappa shape index (κ2) is 6.27. The first kappa shape index (κ1) is 16.8. The lowest BCUT2D eigenvalue weighted by molar-refractivity contribution is -0.132. The highest BCUT2D eigenvalue weighted by molar-refractivity contribution is 6.06. The summed E-state index contributed by atoms with van der Waals surface area (Å²) in [4.78, 5) is 26.9. The summed E-state index contributed by atoms with van der Waals surface area (Å²) in [7, 11) is 1.79. The number of anilines is 1. The number of carbonyl (C=O) groups is 2.